The van der Waals surface area contributed by atoms with Gasteiger partial charge in [0, 0.05) is 16.1 Å². The number of benzene rings is 1. The summed E-state index contributed by atoms with van der Waals surface area (Å²) in [6, 6.07) is 8.93. The van der Waals surface area contributed by atoms with Gasteiger partial charge in [-0.15, -0.1) is 0 Å². The van der Waals surface area contributed by atoms with Crippen LogP contribution in [0, 0.1) is 6.92 Å². The normalized spacial score (nSPS) is 11.8. The van der Waals surface area contributed by atoms with Crippen LogP contribution in [0.3, 0.4) is 0 Å². The van der Waals surface area contributed by atoms with Gasteiger partial charge in [0.05, 0.1) is 0 Å². The van der Waals surface area contributed by atoms with Gasteiger partial charge in [-0.3, -0.25) is 0 Å². The van der Waals surface area contributed by atoms with Crippen molar-refractivity contribution in [1.29, 1.82) is 0 Å². The van der Waals surface area contributed by atoms with E-state index in [1.54, 1.807) is 0 Å². The monoisotopic (exact) mass is 364 g/mol. The Balaban J connectivity index is 2.95. The molecule has 1 aromatic carbocycles. The maximum atomic E-state index is 3.68. The summed E-state index contributed by atoms with van der Waals surface area (Å²) >= 11 is 9.27. The first-order chi connectivity index (χ1) is 7.68. The number of aryl methyl sites for hydroxylation is 1. The lowest BCUT2D eigenvalue weighted by atomic mass is 9.82. The lowest BCUT2D eigenvalue weighted by molar-refractivity contribution is 0.539. The molecule has 0 atom stereocenters. The van der Waals surface area contributed by atoms with E-state index in [-0.39, 0.29) is 5.41 Å². The highest BCUT2D eigenvalue weighted by atomic mass is 79.9. The van der Waals surface area contributed by atoms with Crippen LogP contribution in [0.1, 0.15) is 17.5 Å². The van der Waals surface area contributed by atoms with Gasteiger partial charge in [0.15, 0.2) is 0 Å². The summed E-state index contributed by atoms with van der Waals surface area (Å²) in [5.41, 5.74) is 2.99. The third-order valence-corrected chi connectivity index (χ3v) is 5.72. The smallest absolute Gasteiger partial charge is 0.0154 e. The molecule has 0 saturated carbocycles. The molecule has 0 spiro atoms. The van der Waals surface area contributed by atoms with E-state index >= 15 is 0 Å². The van der Waals surface area contributed by atoms with Crippen molar-refractivity contribution in [3.8, 4) is 0 Å². The van der Waals surface area contributed by atoms with Gasteiger partial charge in [0.25, 0.3) is 0 Å². The molecule has 0 aromatic heterocycles. The summed E-state index contributed by atoms with van der Waals surface area (Å²) in [7, 11) is 0. The zero-order valence-electron chi connectivity index (χ0n) is 9.80. The SMILES string of the molecule is CSCCC(CBr)(CBr)c1ccc(C)cc1. The Morgan fingerprint density at radius 3 is 2.12 bits per heavy atom. The van der Waals surface area contributed by atoms with E-state index in [0.717, 1.165) is 10.7 Å². The first-order valence-corrected chi connectivity index (χ1v) is 9.00. The van der Waals surface area contributed by atoms with Crippen LogP contribution in [-0.2, 0) is 5.41 Å². The molecule has 0 N–H and O–H groups in total. The van der Waals surface area contributed by atoms with Gasteiger partial charge >= 0.3 is 0 Å². The zero-order chi connectivity index (χ0) is 12.0. The van der Waals surface area contributed by atoms with Crippen molar-refractivity contribution in [1.82, 2.24) is 0 Å². The molecule has 0 radical (unpaired) electrons. The number of hydrogen-bond donors (Lipinski definition) is 0. The van der Waals surface area contributed by atoms with Gasteiger partial charge in [0.2, 0.25) is 0 Å². The van der Waals surface area contributed by atoms with E-state index in [1.165, 1.54) is 23.3 Å². The molecule has 0 bridgehead atoms. The first kappa shape index (κ1) is 14.6. The average Bonchev–Trinajstić information content (AvgIpc) is 2.33. The van der Waals surface area contributed by atoms with Crippen LogP contribution in [0.5, 0.6) is 0 Å². The standard InChI is InChI=1S/C13H18Br2S/c1-11-3-5-12(6-4-11)13(9-14,10-15)7-8-16-2/h3-6H,7-10H2,1-2H3. The second-order valence-corrected chi connectivity index (χ2v) is 6.26. The lowest BCUT2D eigenvalue weighted by Crippen LogP contribution is -2.31. The Hall–Kier alpha value is 0.530. The molecule has 0 aliphatic heterocycles. The highest BCUT2D eigenvalue weighted by molar-refractivity contribution is 9.09. The van der Waals surface area contributed by atoms with Crippen LogP contribution in [0.2, 0.25) is 0 Å². The van der Waals surface area contributed by atoms with Crippen molar-refractivity contribution in [2.45, 2.75) is 18.8 Å². The summed E-state index contributed by atoms with van der Waals surface area (Å²) in [4.78, 5) is 0. The Kier molecular flexibility index (Phi) is 6.45. The first-order valence-electron chi connectivity index (χ1n) is 5.36. The van der Waals surface area contributed by atoms with Crippen molar-refractivity contribution < 1.29 is 0 Å². The molecule has 0 aliphatic carbocycles. The van der Waals surface area contributed by atoms with Crippen molar-refractivity contribution in [3.63, 3.8) is 0 Å². The molecule has 90 valence electrons. The molecular formula is C13H18Br2S. The number of halogens is 2. The predicted octanol–water partition coefficient (Wildman–Crippen LogP) is 4.78. The molecule has 0 nitrogen and oxygen atoms in total. The van der Waals surface area contributed by atoms with E-state index in [0.29, 0.717) is 0 Å². The summed E-state index contributed by atoms with van der Waals surface area (Å²) in [5, 5.41) is 2.02. The van der Waals surface area contributed by atoms with Crippen molar-refractivity contribution >= 4 is 43.6 Å². The fourth-order valence-corrected chi connectivity index (χ4v) is 4.40. The van der Waals surface area contributed by atoms with Crippen molar-refractivity contribution in [2.75, 3.05) is 22.7 Å². The molecule has 1 aromatic rings. The second kappa shape index (κ2) is 7.07. The average molecular weight is 366 g/mol. The van der Waals surface area contributed by atoms with E-state index in [4.69, 9.17) is 0 Å². The minimum absolute atomic E-state index is 0.233. The van der Waals surface area contributed by atoms with Gasteiger partial charge in [-0.05, 0) is 30.9 Å². The largest absolute Gasteiger partial charge is 0.165 e. The van der Waals surface area contributed by atoms with Crippen molar-refractivity contribution in [2.24, 2.45) is 0 Å². The van der Waals surface area contributed by atoms with Crippen LogP contribution in [0.4, 0.5) is 0 Å². The Labute approximate surface area is 120 Å². The predicted molar refractivity (Wildman–Crippen MR) is 83.4 cm³/mol. The van der Waals surface area contributed by atoms with Crippen LogP contribution in [0.15, 0.2) is 24.3 Å². The number of alkyl halides is 2. The van der Waals surface area contributed by atoms with Crippen LogP contribution in [-0.4, -0.2) is 22.7 Å². The lowest BCUT2D eigenvalue weighted by Gasteiger charge is -2.30. The molecule has 16 heavy (non-hydrogen) atoms. The fourth-order valence-electron chi connectivity index (χ4n) is 1.67. The maximum absolute atomic E-state index is 3.68. The number of rotatable bonds is 6. The zero-order valence-corrected chi connectivity index (χ0v) is 13.8. The third kappa shape index (κ3) is 3.51. The minimum atomic E-state index is 0.233. The van der Waals surface area contributed by atoms with Crippen LogP contribution < -0.4 is 0 Å². The Bertz CT molecular complexity index is 304. The van der Waals surface area contributed by atoms with E-state index < -0.39 is 0 Å². The summed E-state index contributed by atoms with van der Waals surface area (Å²) in [6.45, 7) is 2.13. The molecule has 1 rings (SSSR count). The fraction of sp³-hybridized carbons (Fsp3) is 0.538. The minimum Gasteiger partial charge on any atom is -0.165 e. The summed E-state index contributed by atoms with van der Waals surface area (Å²) in [5.74, 6) is 1.20. The van der Waals surface area contributed by atoms with E-state index in [9.17, 15) is 0 Å². The third-order valence-electron chi connectivity index (χ3n) is 2.96. The van der Waals surface area contributed by atoms with Crippen LogP contribution in [0.25, 0.3) is 0 Å². The molecule has 0 fully saturated rings. The van der Waals surface area contributed by atoms with Gasteiger partial charge in [-0.2, -0.15) is 11.8 Å². The molecule has 3 heteroatoms. The van der Waals surface area contributed by atoms with E-state index in [1.807, 2.05) is 11.8 Å². The quantitative estimate of drug-likeness (QED) is 0.654. The molecular weight excluding hydrogens is 348 g/mol. The Morgan fingerprint density at radius 1 is 1.12 bits per heavy atom. The van der Waals surface area contributed by atoms with Crippen LogP contribution >= 0.6 is 43.6 Å². The van der Waals surface area contributed by atoms with E-state index in [2.05, 4.69) is 69.3 Å². The summed E-state index contributed by atoms with van der Waals surface area (Å²) < 4.78 is 0. The number of thioether (sulfide) groups is 1. The topological polar surface area (TPSA) is 0 Å². The van der Waals surface area contributed by atoms with Gasteiger partial charge in [0.1, 0.15) is 0 Å². The maximum Gasteiger partial charge on any atom is 0.0154 e. The molecule has 0 unspecified atom stereocenters. The highest BCUT2D eigenvalue weighted by Gasteiger charge is 2.29. The number of hydrogen-bond acceptors (Lipinski definition) is 1. The molecule has 0 aliphatic rings. The molecule has 0 saturated heterocycles. The second-order valence-electron chi connectivity index (χ2n) is 4.16. The molecule has 0 amide bonds. The highest BCUT2D eigenvalue weighted by Crippen LogP contribution is 2.33. The van der Waals surface area contributed by atoms with Gasteiger partial charge in [-0.1, -0.05) is 61.7 Å². The van der Waals surface area contributed by atoms with Gasteiger partial charge in [-0.25, -0.2) is 0 Å². The molecule has 0 heterocycles. The van der Waals surface area contributed by atoms with Gasteiger partial charge < -0.3 is 0 Å². The Morgan fingerprint density at radius 2 is 1.69 bits per heavy atom. The summed E-state index contributed by atoms with van der Waals surface area (Å²) in [6.07, 6.45) is 3.37. The van der Waals surface area contributed by atoms with Crippen molar-refractivity contribution in [3.05, 3.63) is 35.4 Å².